The summed E-state index contributed by atoms with van der Waals surface area (Å²) in [6.07, 6.45) is 2.28. The highest BCUT2D eigenvalue weighted by Crippen LogP contribution is 2.25. The lowest BCUT2D eigenvalue weighted by atomic mass is 9.97. The first kappa shape index (κ1) is 19.3. The Morgan fingerprint density at radius 3 is 2.04 bits per heavy atom. The maximum absolute atomic E-state index is 12.3. The summed E-state index contributed by atoms with van der Waals surface area (Å²) in [5, 5.41) is 25.1. The lowest BCUT2D eigenvalue weighted by Crippen LogP contribution is -1.97. The summed E-state index contributed by atoms with van der Waals surface area (Å²) in [4.78, 5) is 0.598. The number of hydrogen-bond donors (Lipinski definition) is 0. The molecule has 0 aliphatic heterocycles. The first-order valence-corrected chi connectivity index (χ1v) is 9.47. The smallest absolute Gasteiger partial charge is 0.244 e. The zero-order valence-corrected chi connectivity index (χ0v) is 16.2. The fourth-order valence-corrected chi connectivity index (χ4v) is 2.93. The summed E-state index contributed by atoms with van der Waals surface area (Å²) in [5.74, 6) is 0.688. The van der Waals surface area contributed by atoms with Crippen molar-refractivity contribution in [3.63, 3.8) is 0 Å². The lowest BCUT2D eigenvalue weighted by Gasteiger charge is -2.09. The Morgan fingerprint density at radius 2 is 1.50 bits per heavy atom. The molecule has 0 radical (unpaired) electrons. The fraction of sp³-hybridized carbons (Fsp3) is 0.208. The van der Waals surface area contributed by atoms with Gasteiger partial charge in [-0.05, 0) is 65.4 Å². The summed E-state index contributed by atoms with van der Waals surface area (Å²) < 4.78 is 0. The first-order valence-electron chi connectivity index (χ1n) is 9.47. The van der Waals surface area contributed by atoms with E-state index in [0.29, 0.717) is 27.7 Å². The van der Waals surface area contributed by atoms with Gasteiger partial charge in [-0.25, -0.2) is 0 Å². The van der Waals surface area contributed by atoms with Gasteiger partial charge in [0.05, 0.1) is 11.6 Å². The van der Waals surface area contributed by atoms with Crippen molar-refractivity contribution in [2.75, 3.05) is 0 Å². The molecule has 4 nitrogen and oxygen atoms in total. The van der Waals surface area contributed by atoms with E-state index in [9.17, 15) is 5.21 Å². The minimum absolute atomic E-state index is 0.460. The van der Waals surface area contributed by atoms with E-state index in [1.54, 1.807) is 36.4 Å². The van der Waals surface area contributed by atoms with E-state index in [4.69, 9.17) is 5.26 Å². The molecule has 0 spiro atoms. The molecule has 0 saturated heterocycles. The van der Waals surface area contributed by atoms with Crippen LogP contribution < -0.4 is 0 Å². The van der Waals surface area contributed by atoms with Crippen molar-refractivity contribution in [3.8, 4) is 17.2 Å². The topological polar surface area (TPSA) is 62.2 Å². The van der Waals surface area contributed by atoms with Gasteiger partial charge in [0.1, 0.15) is 5.69 Å². The van der Waals surface area contributed by atoms with Gasteiger partial charge < -0.3 is 5.21 Å². The van der Waals surface area contributed by atoms with Gasteiger partial charge in [-0.15, -0.1) is 0 Å². The van der Waals surface area contributed by atoms with Crippen LogP contribution in [0.15, 0.2) is 77.9 Å². The molecule has 0 aliphatic carbocycles. The van der Waals surface area contributed by atoms with Crippen molar-refractivity contribution in [1.82, 2.24) is 0 Å². The molecule has 0 amide bonds. The molecule has 0 aliphatic rings. The van der Waals surface area contributed by atoms with Gasteiger partial charge in [-0.3, -0.25) is 0 Å². The van der Waals surface area contributed by atoms with Gasteiger partial charge in [0.15, 0.2) is 0 Å². The maximum Gasteiger partial charge on any atom is 0.244 e. The molecule has 0 fully saturated rings. The summed E-state index contributed by atoms with van der Waals surface area (Å²) in [5.41, 5.74) is 5.04. The second-order valence-corrected chi connectivity index (χ2v) is 6.99. The summed E-state index contributed by atoms with van der Waals surface area (Å²) in [6, 6.07) is 24.6. The molecule has 0 saturated carbocycles. The highest BCUT2D eigenvalue weighted by molar-refractivity contribution is 5.65. The molecular weight excluding hydrogens is 346 g/mol. The zero-order chi connectivity index (χ0) is 19.9. The highest BCUT2D eigenvalue weighted by atomic mass is 16.5. The number of azo groups is 1. The van der Waals surface area contributed by atoms with Gasteiger partial charge in [0.25, 0.3) is 0 Å². The quantitative estimate of drug-likeness (QED) is 0.274. The minimum atomic E-state index is 0.460. The van der Waals surface area contributed by atoms with E-state index in [1.807, 2.05) is 18.2 Å². The van der Waals surface area contributed by atoms with Crippen molar-refractivity contribution in [3.05, 3.63) is 89.1 Å². The normalized spacial score (nSPS) is 12.4. The minimum Gasteiger partial charge on any atom is -0.594 e. The molecule has 3 aromatic carbocycles. The fourth-order valence-electron chi connectivity index (χ4n) is 2.93. The Balaban J connectivity index is 1.73. The lowest BCUT2D eigenvalue weighted by molar-refractivity contribution is -0.435. The molecule has 140 valence electrons. The van der Waals surface area contributed by atoms with E-state index in [-0.39, 0.29) is 0 Å². The predicted octanol–water partition coefficient (Wildman–Crippen LogP) is 6.74. The van der Waals surface area contributed by atoms with Crippen LogP contribution in [0.1, 0.15) is 31.4 Å². The Bertz CT molecular complexity index is 982. The third-order valence-electron chi connectivity index (χ3n) is 4.86. The molecular formula is C24H23N3O. The van der Waals surface area contributed by atoms with E-state index in [2.05, 4.69) is 43.2 Å². The van der Waals surface area contributed by atoms with E-state index in [0.717, 1.165) is 17.5 Å². The van der Waals surface area contributed by atoms with Crippen molar-refractivity contribution in [2.45, 2.75) is 26.7 Å². The van der Waals surface area contributed by atoms with E-state index in [1.165, 1.54) is 12.0 Å². The number of hydrogen-bond acceptors (Lipinski definition) is 3. The molecule has 1 atom stereocenters. The Morgan fingerprint density at radius 1 is 0.929 bits per heavy atom. The van der Waals surface area contributed by atoms with Crippen molar-refractivity contribution in [2.24, 2.45) is 11.0 Å². The van der Waals surface area contributed by atoms with Crippen LogP contribution in [0.3, 0.4) is 0 Å². The third kappa shape index (κ3) is 4.83. The van der Waals surface area contributed by atoms with Crippen molar-refractivity contribution in [1.29, 1.82) is 5.26 Å². The van der Waals surface area contributed by atoms with Crippen LogP contribution in [0.2, 0.25) is 0 Å². The predicted molar refractivity (Wildman–Crippen MR) is 112 cm³/mol. The maximum atomic E-state index is 12.3. The van der Waals surface area contributed by atoms with Crippen LogP contribution in [0.5, 0.6) is 0 Å². The van der Waals surface area contributed by atoms with E-state index >= 15 is 0 Å². The average Bonchev–Trinajstić information content (AvgIpc) is 2.75. The van der Waals surface area contributed by atoms with Gasteiger partial charge in [0.2, 0.25) is 5.69 Å². The average molecular weight is 369 g/mol. The third-order valence-corrected chi connectivity index (χ3v) is 4.86. The van der Waals surface area contributed by atoms with Crippen LogP contribution >= 0.6 is 0 Å². The Kier molecular flexibility index (Phi) is 6.18. The Hall–Kier alpha value is -3.45. The number of rotatable bonds is 6. The van der Waals surface area contributed by atoms with Gasteiger partial charge in [0, 0.05) is 17.2 Å². The molecule has 4 heteroatoms. The molecule has 0 bridgehead atoms. The van der Waals surface area contributed by atoms with Gasteiger partial charge >= 0.3 is 0 Å². The Labute approximate surface area is 166 Å². The largest absolute Gasteiger partial charge is 0.594 e. The summed E-state index contributed by atoms with van der Waals surface area (Å²) in [6.45, 7) is 4.48. The summed E-state index contributed by atoms with van der Waals surface area (Å²) in [7, 11) is 0. The molecule has 0 N–H and O–H groups in total. The van der Waals surface area contributed by atoms with Crippen LogP contribution in [0, 0.1) is 22.5 Å². The monoisotopic (exact) mass is 369 g/mol. The molecule has 3 aromatic rings. The van der Waals surface area contributed by atoms with Crippen molar-refractivity contribution < 1.29 is 4.86 Å². The van der Waals surface area contributed by atoms with Crippen LogP contribution in [-0.2, 0) is 6.42 Å². The molecule has 0 heterocycles. The number of nitriles is 1. The number of nitrogens with zero attached hydrogens (tertiary/aromatic N) is 3. The standard InChI is InChI=1S/C24H23N3O/c1-3-18(2)16-19-4-8-21(9-5-19)22-10-14-24(15-11-22)27(28)26-23-12-6-20(17-25)7-13-23/h4-15,18H,3,16H2,1-2H3. The molecule has 1 unspecified atom stereocenters. The van der Waals surface area contributed by atoms with Crippen LogP contribution in [-0.4, -0.2) is 4.86 Å². The number of benzene rings is 3. The zero-order valence-electron chi connectivity index (χ0n) is 16.2. The molecule has 28 heavy (non-hydrogen) atoms. The SMILES string of the molecule is CCC(C)Cc1ccc(-c2ccc([N+]([O-])=Nc3ccc(C#N)cc3)cc2)cc1. The first-order chi connectivity index (χ1) is 13.6. The highest BCUT2D eigenvalue weighted by Gasteiger charge is 2.07. The second kappa shape index (κ2) is 8.96. The molecule has 3 rings (SSSR count). The van der Waals surface area contributed by atoms with Crippen molar-refractivity contribution >= 4 is 11.4 Å². The second-order valence-electron chi connectivity index (χ2n) is 6.99. The van der Waals surface area contributed by atoms with Gasteiger partial charge in [-0.1, -0.05) is 49.4 Å². The van der Waals surface area contributed by atoms with Crippen LogP contribution in [0.25, 0.3) is 11.1 Å². The van der Waals surface area contributed by atoms with Gasteiger partial charge in [-0.2, -0.15) is 5.26 Å². The van der Waals surface area contributed by atoms with Crippen LogP contribution in [0.4, 0.5) is 11.4 Å². The van der Waals surface area contributed by atoms with E-state index < -0.39 is 0 Å². The summed E-state index contributed by atoms with van der Waals surface area (Å²) >= 11 is 0. The molecule has 0 aromatic heterocycles.